The molecule has 25 heavy (non-hydrogen) atoms. The Morgan fingerprint density at radius 3 is 2.28 bits per heavy atom. The van der Waals surface area contributed by atoms with Gasteiger partial charge in [-0.1, -0.05) is 55.0 Å². The Hall–Kier alpha value is -1.34. The lowest BCUT2D eigenvalue weighted by molar-refractivity contribution is -0.0173. The zero-order valence-corrected chi connectivity index (χ0v) is 16.0. The van der Waals surface area contributed by atoms with Crippen LogP contribution in [-0.2, 0) is 5.60 Å². The zero-order chi connectivity index (χ0) is 18.3. The van der Waals surface area contributed by atoms with Crippen molar-refractivity contribution in [2.75, 3.05) is 19.7 Å². The van der Waals surface area contributed by atoms with Crippen LogP contribution in [0.2, 0.25) is 0 Å². The van der Waals surface area contributed by atoms with Crippen LogP contribution in [0, 0.1) is 17.8 Å². The van der Waals surface area contributed by atoms with E-state index in [-0.39, 0.29) is 12.1 Å². The van der Waals surface area contributed by atoms with E-state index in [4.69, 9.17) is 0 Å². The van der Waals surface area contributed by atoms with Crippen LogP contribution in [0.5, 0.6) is 0 Å². The van der Waals surface area contributed by atoms with Crippen LogP contribution >= 0.6 is 0 Å². The molecule has 0 saturated heterocycles. The summed E-state index contributed by atoms with van der Waals surface area (Å²) in [5.41, 5.74) is 0.103. The maximum atomic E-state index is 11.5. The highest BCUT2D eigenvalue weighted by molar-refractivity contribution is 5.26. The predicted molar refractivity (Wildman–Crippen MR) is 103 cm³/mol. The molecule has 2 rings (SSSR count). The highest BCUT2D eigenvalue weighted by Gasteiger charge is 2.39. The van der Waals surface area contributed by atoms with Gasteiger partial charge in [0.1, 0.15) is 5.60 Å². The Kier molecular flexibility index (Phi) is 7.07. The zero-order valence-electron chi connectivity index (χ0n) is 16.0. The molecule has 1 aromatic carbocycles. The summed E-state index contributed by atoms with van der Waals surface area (Å²) < 4.78 is 0. The van der Waals surface area contributed by atoms with Crippen molar-refractivity contribution in [2.45, 2.75) is 64.0 Å². The molecule has 0 amide bonds. The van der Waals surface area contributed by atoms with E-state index in [0.29, 0.717) is 25.4 Å². The fourth-order valence-electron chi connectivity index (χ4n) is 3.73. The first kappa shape index (κ1) is 20.0. The highest BCUT2D eigenvalue weighted by Crippen LogP contribution is 2.42. The Balaban J connectivity index is 2.11. The normalized spacial score (nSPS) is 18.0. The standard InChI is InChI=1S/C22H33NO2/c1-21(2,3)23(17-18-24)16-10-9-15-22(25,20-13-7-8-14-20)19-11-5-4-6-12-19/h4-6,11-12,20,24-25H,7-8,13-18H2,1-3H3/t22-/m0/s1. The van der Waals surface area contributed by atoms with E-state index in [1.54, 1.807) is 0 Å². The molecule has 138 valence electrons. The monoisotopic (exact) mass is 343 g/mol. The Bertz CT molecular complexity index is 576. The summed E-state index contributed by atoms with van der Waals surface area (Å²) in [6.07, 6.45) is 5.01. The van der Waals surface area contributed by atoms with Gasteiger partial charge in [0.05, 0.1) is 13.2 Å². The first-order chi connectivity index (χ1) is 11.9. The number of hydrogen-bond donors (Lipinski definition) is 2. The summed E-state index contributed by atoms with van der Waals surface area (Å²) in [6, 6.07) is 10.0. The second kappa shape index (κ2) is 8.85. The minimum Gasteiger partial charge on any atom is -0.395 e. The predicted octanol–water partition coefficient (Wildman–Crippen LogP) is 3.55. The van der Waals surface area contributed by atoms with Crippen LogP contribution in [0.3, 0.4) is 0 Å². The van der Waals surface area contributed by atoms with Gasteiger partial charge in [0.15, 0.2) is 0 Å². The lowest BCUT2D eigenvalue weighted by atomic mass is 9.78. The van der Waals surface area contributed by atoms with Gasteiger partial charge in [-0.3, -0.25) is 4.90 Å². The summed E-state index contributed by atoms with van der Waals surface area (Å²) >= 11 is 0. The molecule has 1 saturated carbocycles. The average molecular weight is 344 g/mol. The van der Waals surface area contributed by atoms with Gasteiger partial charge in [-0.15, -0.1) is 0 Å². The average Bonchev–Trinajstić information content (AvgIpc) is 3.12. The largest absolute Gasteiger partial charge is 0.395 e. The smallest absolute Gasteiger partial charge is 0.103 e. The van der Waals surface area contributed by atoms with Gasteiger partial charge in [-0.25, -0.2) is 0 Å². The molecule has 2 N–H and O–H groups in total. The van der Waals surface area contributed by atoms with E-state index >= 15 is 0 Å². The minimum absolute atomic E-state index is 0.0292. The van der Waals surface area contributed by atoms with Crippen molar-refractivity contribution in [3.05, 3.63) is 35.9 Å². The molecule has 1 fully saturated rings. The van der Waals surface area contributed by atoms with E-state index in [0.717, 1.165) is 18.4 Å². The lowest BCUT2D eigenvalue weighted by Crippen LogP contribution is -2.43. The van der Waals surface area contributed by atoms with Gasteiger partial charge in [0.2, 0.25) is 0 Å². The van der Waals surface area contributed by atoms with Gasteiger partial charge >= 0.3 is 0 Å². The fourth-order valence-corrected chi connectivity index (χ4v) is 3.73. The van der Waals surface area contributed by atoms with E-state index < -0.39 is 5.60 Å². The lowest BCUT2D eigenvalue weighted by Gasteiger charge is -2.34. The van der Waals surface area contributed by atoms with Crippen LogP contribution in [-0.4, -0.2) is 40.3 Å². The molecule has 1 aliphatic rings. The van der Waals surface area contributed by atoms with Crippen molar-refractivity contribution < 1.29 is 10.2 Å². The third kappa shape index (κ3) is 5.31. The molecule has 3 heteroatoms. The number of hydrogen-bond acceptors (Lipinski definition) is 3. The van der Waals surface area contributed by atoms with E-state index in [9.17, 15) is 10.2 Å². The number of rotatable bonds is 6. The maximum absolute atomic E-state index is 11.5. The van der Waals surface area contributed by atoms with Crippen LogP contribution in [0.25, 0.3) is 0 Å². The first-order valence-electron chi connectivity index (χ1n) is 9.47. The molecule has 0 heterocycles. The molecule has 0 unspecified atom stereocenters. The molecule has 1 aliphatic carbocycles. The van der Waals surface area contributed by atoms with Crippen molar-refractivity contribution in [1.82, 2.24) is 4.90 Å². The second-order valence-corrected chi connectivity index (χ2v) is 8.12. The molecule has 1 aromatic rings. The van der Waals surface area contributed by atoms with Crippen molar-refractivity contribution in [2.24, 2.45) is 5.92 Å². The van der Waals surface area contributed by atoms with E-state index in [1.807, 2.05) is 30.3 Å². The number of aliphatic hydroxyl groups is 2. The Labute approximate surface area is 153 Å². The highest BCUT2D eigenvalue weighted by atomic mass is 16.3. The number of benzene rings is 1. The van der Waals surface area contributed by atoms with E-state index in [1.165, 1.54) is 12.8 Å². The number of aliphatic hydroxyl groups excluding tert-OH is 1. The fraction of sp³-hybridized carbons (Fsp3) is 0.636. The molecule has 3 nitrogen and oxygen atoms in total. The van der Waals surface area contributed by atoms with E-state index in [2.05, 4.69) is 37.5 Å². The molecule has 0 spiro atoms. The first-order valence-corrected chi connectivity index (χ1v) is 9.47. The summed E-state index contributed by atoms with van der Waals surface area (Å²) in [4.78, 5) is 2.16. The molecule has 1 atom stereocenters. The molecule has 0 bridgehead atoms. The Morgan fingerprint density at radius 2 is 1.72 bits per heavy atom. The van der Waals surface area contributed by atoms with Crippen LogP contribution in [0.4, 0.5) is 0 Å². The van der Waals surface area contributed by atoms with Crippen LogP contribution < -0.4 is 0 Å². The number of β-amino-alcohol motifs (C(OH)–C–C–N with tert-alkyl or cyclic N) is 1. The van der Waals surface area contributed by atoms with Gasteiger partial charge in [-0.05, 0) is 45.1 Å². The van der Waals surface area contributed by atoms with Gasteiger partial charge in [-0.2, -0.15) is 0 Å². The summed E-state index contributed by atoms with van der Waals surface area (Å²) in [5.74, 6) is 6.76. The second-order valence-electron chi connectivity index (χ2n) is 8.12. The third-order valence-corrected chi connectivity index (χ3v) is 5.38. The molecular formula is C22H33NO2. The van der Waals surface area contributed by atoms with Crippen molar-refractivity contribution in [3.8, 4) is 11.8 Å². The topological polar surface area (TPSA) is 43.7 Å². The quantitative estimate of drug-likeness (QED) is 0.776. The molecular weight excluding hydrogens is 310 g/mol. The summed E-state index contributed by atoms with van der Waals surface area (Å²) in [6.45, 7) is 7.74. The summed E-state index contributed by atoms with van der Waals surface area (Å²) in [7, 11) is 0. The van der Waals surface area contributed by atoms with Gasteiger partial charge < -0.3 is 10.2 Å². The van der Waals surface area contributed by atoms with Crippen LogP contribution in [0.15, 0.2) is 30.3 Å². The van der Waals surface area contributed by atoms with Crippen molar-refractivity contribution in [1.29, 1.82) is 0 Å². The van der Waals surface area contributed by atoms with Crippen LogP contribution in [0.1, 0.15) is 58.4 Å². The molecule has 0 aromatic heterocycles. The van der Waals surface area contributed by atoms with Gasteiger partial charge in [0, 0.05) is 18.5 Å². The summed E-state index contributed by atoms with van der Waals surface area (Å²) in [5, 5.41) is 20.7. The van der Waals surface area contributed by atoms with Gasteiger partial charge in [0.25, 0.3) is 0 Å². The third-order valence-electron chi connectivity index (χ3n) is 5.38. The maximum Gasteiger partial charge on any atom is 0.103 e. The molecule has 0 aliphatic heterocycles. The minimum atomic E-state index is -0.853. The van der Waals surface area contributed by atoms with Crippen molar-refractivity contribution in [3.63, 3.8) is 0 Å². The SMILES string of the molecule is CC(C)(C)N(CC#CC[C@](O)(c1ccccc1)C1CCCC1)CCO. The van der Waals surface area contributed by atoms with Crippen molar-refractivity contribution >= 4 is 0 Å². The number of nitrogens with zero attached hydrogens (tertiary/aromatic N) is 1. The molecule has 0 radical (unpaired) electrons. The Morgan fingerprint density at radius 1 is 1.08 bits per heavy atom.